The van der Waals surface area contributed by atoms with Crippen LogP contribution in [0.15, 0.2) is 34.7 Å². The van der Waals surface area contributed by atoms with Crippen LogP contribution in [-0.2, 0) is 6.54 Å². The van der Waals surface area contributed by atoms with Crippen LogP contribution in [0.2, 0.25) is 5.02 Å². The van der Waals surface area contributed by atoms with Gasteiger partial charge in [0, 0.05) is 19.8 Å². The monoisotopic (exact) mass is 404 g/mol. The number of nitrogens with zero attached hydrogens (tertiary/aromatic N) is 1. The summed E-state index contributed by atoms with van der Waals surface area (Å²) in [7, 11) is 3.40. The van der Waals surface area contributed by atoms with E-state index in [2.05, 4.69) is 27.9 Å². The fraction of sp³-hybridized carbons (Fsp3) is 0.214. The van der Waals surface area contributed by atoms with Gasteiger partial charge >= 0.3 is 0 Å². The molecule has 0 aliphatic carbocycles. The highest BCUT2D eigenvalue weighted by Crippen LogP contribution is 2.22. The van der Waals surface area contributed by atoms with Gasteiger partial charge in [0.05, 0.1) is 17.1 Å². The number of benzene rings is 1. The van der Waals surface area contributed by atoms with Gasteiger partial charge in [-0.25, -0.2) is 0 Å². The van der Waals surface area contributed by atoms with E-state index in [1.807, 2.05) is 18.2 Å². The smallest absolute Gasteiger partial charge is 0.254 e. The molecule has 0 saturated carbocycles. The molecule has 4 nitrogen and oxygen atoms in total. The van der Waals surface area contributed by atoms with Crippen LogP contribution < -0.4 is 5.32 Å². The second-order valence-electron chi connectivity index (χ2n) is 4.45. The normalized spacial score (nSPS) is 10.4. The maximum Gasteiger partial charge on any atom is 0.254 e. The van der Waals surface area contributed by atoms with Crippen molar-refractivity contribution in [3.8, 4) is 0 Å². The lowest BCUT2D eigenvalue weighted by atomic mass is 10.1. The molecule has 1 N–H and O–H groups in total. The number of furan rings is 1. The molecule has 2 aromatic rings. The highest BCUT2D eigenvalue weighted by atomic mass is 127. The van der Waals surface area contributed by atoms with Crippen LogP contribution in [0, 0.1) is 3.77 Å². The van der Waals surface area contributed by atoms with Crippen molar-refractivity contribution in [2.24, 2.45) is 0 Å². The number of rotatable bonds is 4. The van der Waals surface area contributed by atoms with Crippen LogP contribution >= 0.6 is 34.2 Å². The first-order chi connectivity index (χ1) is 9.47. The van der Waals surface area contributed by atoms with Crippen LogP contribution in [-0.4, -0.2) is 24.9 Å². The number of anilines is 1. The van der Waals surface area contributed by atoms with Gasteiger partial charge in [-0.3, -0.25) is 4.79 Å². The molecule has 20 heavy (non-hydrogen) atoms. The van der Waals surface area contributed by atoms with E-state index in [0.717, 1.165) is 15.2 Å². The van der Waals surface area contributed by atoms with Gasteiger partial charge in [0.25, 0.3) is 5.91 Å². The zero-order valence-corrected chi connectivity index (χ0v) is 14.0. The van der Waals surface area contributed by atoms with Crippen LogP contribution in [0.1, 0.15) is 16.1 Å². The van der Waals surface area contributed by atoms with E-state index in [4.69, 9.17) is 16.0 Å². The van der Waals surface area contributed by atoms with Gasteiger partial charge < -0.3 is 14.6 Å². The van der Waals surface area contributed by atoms with Gasteiger partial charge in [-0.05, 0) is 52.9 Å². The van der Waals surface area contributed by atoms with Gasteiger partial charge in [0.1, 0.15) is 5.76 Å². The highest BCUT2D eigenvalue weighted by Gasteiger charge is 2.13. The van der Waals surface area contributed by atoms with Crippen molar-refractivity contribution in [2.75, 3.05) is 19.4 Å². The fourth-order valence-corrected chi connectivity index (χ4v) is 2.34. The van der Waals surface area contributed by atoms with Crippen molar-refractivity contribution >= 4 is 45.8 Å². The molecule has 0 saturated heterocycles. The summed E-state index contributed by atoms with van der Waals surface area (Å²) >= 11 is 8.18. The average molecular weight is 405 g/mol. The predicted molar refractivity (Wildman–Crippen MR) is 88.2 cm³/mol. The Morgan fingerprint density at radius 3 is 2.70 bits per heavy atom. The van der Waals surface area contributed by atoms with Crippen molar-refractivity contribution in [3.05, 3.63) is 50.4 Å². The zero-order valence-electron chi connectivity index (χ0n) is 11.1. The molecule has 0 spiro atoms. The summed E-state index contributed by atoms with van der Waals surface area (Å²) in [6, 6.07) is 9.12. The molecule has 0 fully saturated rings. The predicted octanol–water partition coefficient (Wildman–Crippen LogP) is 3.85. The van der Waals surface area contributed by atoms with Gasteiger partial charge in [0.15, 0.2) is 3.77 Å². The highest BCUT2D eigenvalue weighted by molar-refractivity contribution is 14.1. The third-order valence-corrected chi connectivity index (χ3v) is 3.61. The Hall–Kier alpha value is -1.21. The Morgan fingerprint density at radius 1 is 1.35 bits per heavy atom. The molecule has 1 amide bonds. The molecule has 2 rings (SSSR count). The molecule has 0 unspecified atom stereocenters. The Bertz CT molecular complexity index is 625. The summed E-state index contributed by atoms with van der Waals surface area (Å²) in [5.74, 6) is 0.719. The molecule has 1 aromatic heterocycles. The Kier molecular flexibility index (Phi) is 4.93. The van der Waals surface area contributed by atoms with Gasteiger partial charge in [-0.15, -0.1) is 0 Å². The summed E-state index contributed by atoms with van der Waals surface area (Å²) in [5, 5.41) is 3.66. The van der Waals surface area contributed by atoms with E-state index in [9.17, 15) is 4.79 Å². The third-order valence-electron chi connectivity index (χ3n) is 2.70. The Morgan fingerprint density at radius 2 is 2.10 bits per heavy atom. The number of hydrogen-bond acceptors (Lipinski definition) is 3. The van der Waals surface area contributed by atoms with Gasteiger partial charge in [-0.1, -0.05) is 11.6 Å². The lowest BCUT2D eigenvalue weighted by molar-refractivity contribution is 0.0828. The van der Waals surface area contributed by atoms with Gasteiger partial charge in [-0.2, -0.15) is 0 Å². The quantitative estimate of drug-likeness (QED) is 0.787. The zero-order chi connectivity index (χ0) is 14.7. The molecule has 0 bridgehead atoms. The molecule has 6 heteroatoms. The molecular formula is C14H14ClIN2O2. The fourth-order valence-electron chi connectivity index (χ4n) is 1.68. The lowest BCUT2D eigenvalue weighted by Gasteiger charge is -2.13. The van der Waals surface area contributed by atoms with Crippen molar-refractivity contribution < 1.29 is 9.21 Å². The first-order valence-electron chi connectivity index (χ1n) is 5.96. The molecular weight excluding hydrogens is 391 g/mol. The van der Waals surface area contributed by atoms with E-state index in [-0.39, 0.29) is 5.91 Å². The molecule has 106 valence electrons. The van der Waals surface area contributed by atoms with Crippen molar-refractivity contribution in [2.45, 2.75) is 6.54 Å². The number of halogens is 2. The lowest BCUT2D eigenvalue weighted by Crippen LogP contribution is -2.22. The first-order valence-corrected chi connectivity index (χ1v) is 7.42. The first kappa shape index (κ1) is 15.2. The third kappa shape index (κ3) is 3.67. The van der Waals surface area contributed by atoms with Crippen molar-refractivity contribution in [3.63, 3.8) is 0 Å². The maximum absolute atomic E-state index is 12.0. The van der Waals surface area contributed by atoms with Gasteiger partial charge in [0.2, 0.25) is 0 Å². The molecule has 0 atom stereocenters. The number of amides is 1. The summed E-state index contributed by atoms with van der Waals surface area (Å²) in [6.45, 7) is 0.556. The second-order valence-corrected chi connectivity index (χ2v) is 5.92. The number of nitrogens with one attached hydrogen (secondary N) is 1. The molecule has 0 aliphatic rings. The molecule has 1 heterocycles. The minimum atomic E-state index is -0.119. The summed E-state index contributed by atoms with van der Waals surface area (Å²) in [4.78, 5) is 13.5. The molecule has 0 radical (unpaired) electrons. The second kappa shape index (κ2) is 6.49. The van der Waals surface area contributed by atoms with Crippen molar-refractivity contribution in [1.82, 2.24) is 4.90 Å². The topological polar surface area (TPSA) is 45.5 Å². The Balaban J connectivity index is 2.13. The summed E-state index contributed by atoms with van der Waals surface area (Å²) in [5.41, 5.74) is 1.31. The Labute approximate surface area is 136 Å². The van der Waals surface area contributed by atoms with E-state index < -0.39 is 0 Å². The summed E-state index contributed by atoms with van der Waals surface area (Å²) < 4.78 is 6.31. The number of carbonyl (C=O) groups excluding carboxylic acids is 1. The number of carbonyl (C=O) groups is 1. The number of hydrogen-bond donors (Lipinski definition) is 1. The van der Waals surface area contributed by atoms with Crippen LogP contribution in [0.25, 0.3) is 0 Å². The standard InChI is InChI=1S/C14H14ClIN2O2/c1-18(2)14(19)11-7-9(3-5-12(11)15)17-8-10-4-6-13(16)20-10/h3-7,17H,8H2,1-2H3. The van der Waals surface area contributed by atoms with Crippen LogP contribution in [0.3, 0.4) is 0 Å². The molecule has 0 aliphatic heterocycles. The SMILES string of the molecule is CN(C)C(=O)c1cc(NCc2ccc(I)o2)ccc1Cl. The van der Waals surface area contributed by atoms with E-state index in [1.54, 1.807) is 26.2 Å². The maximum atomic E-state index is 12.0. The van der Waals surface area contributed by atoms with Crippen molar-refractivity contribution in [1.29, 1.82) is 0 Å². The largest absolute Gasteiger partial charge is 0.454 e. The van der Waals surface area contributed by atoms with E-state index in [0.29, 0.717) is 17.1 Å². The van der Waals surface area contributed by atoms with Crippen LogP contribution in [0.4, 0.5) is 5.69 Å². The van der Waals surface area contributed by atoms with Crippen LogP contribution in [0.5, 0.6) is 0 Å². The molecule has 1 aromatic carbocycles. The minimum absolute atomic E-state index is 0.119. The minimum Gasteiger partial charge on any atom is -0.454 e. The average Bonchev–Trinajstić information content (AvgIpc) is 2.82. The van der Waals surface area contributed by atoms with E-state index in [1.165, 1.54) is 4.90 Å². The summed E-state index contributed by atoms with van der Waals surface area (Å²) in [6.07, 6.45) is 0. The van der Waals surface area contributed by atoms with E-state index >= 15 is 0 Å².